The molecular weight excluding hydrogens is 601 g/mol. The van der Waals surface area contributed by atoms with E-state index in [2.05, 4.69) is 185 Å². The summed E-state index contributed by atoms with van der Waals surface area (Å²) in [5.74, 6) is 0. The van der Waals surface area contributed by atoms with Gasteiger partial charge in [0.2, 0.25) is 0 Å². The largest absolute Gasteiger partial charge is 0.0622 e. The number of allylic oxidation sites excluding steroid dienone is 1. The van der Waals surface area contributed by atoms with Crippen molar-refractivity contribution in [3.8, 4) is 33.4 Å². The smallest absolute Gasteiger partial charge is 0.0159 e. The van der Waals surface area contributed by atoms with Crippen molar-refractivity contribution in [1.82, 2.24) is 0 Å². The van der Waals surface area contributed by atoms with Crippen molar-refractivity contribution in [3.05, 3.63) is 179 Å². The minimum absolute atomic E-state index is 0.0976. The van der Waals surface area contributed by atoms with Crippen LogP contribution in [0.1, 0.15) is 55.5 Å². The van der Waals surface area contributed by atoms with Crippen molar-refractivity contribution in [2.24, 2.45) is 0 Å². The first-order valence-electron chi connectivity index (χ1n) is 17.9. The molecule has 238 valence electrons. The molecule has 0 heteroatoms. The van der Waals surface area contributed by atoms with Gasteiger partial charge in [0.05, 0.1) is 0 Å². The SMILES string of the molecule is CC1(C)C(c2ccc3c(-c4ccccc4)c4ccccc4c(-c4cc5c(c6ccccc46)-c4ccccc4C5(C)C)c3c2)=Cc2ccccc21. The number of hydrogen-bond acceptors (Lipinski definition) is 0. The molecule has 0 bridgehead atoms. The molecule has 0 heterocycles. The highest BCUT2D eigenvalue weighted by Gasteiger charge is 2.38. The molecule has 8 aromatic carbocycles. The Morgan fingerprint density at radius 1 is 0.340 bits per heavy atom. The van der Waals surface area contributed by atoms with Crippen LogP contribution in [0.2, 0.25) is 0 Å². The van der Waals surface area contributed by atoms with Gasteiger partial charge in [0.25, 0.3) is 0 Å². The fourth-order valence-electron chi connectivity index (χ4n) is 9.43. The third kappa shape index (κ3) is 3.94. The van der Waals surface area contributed by atoms with Crippen LogP contribution in [-0.4, -0.2) is 0 Å². The summed E-state index contributed by atoms with van der Waals surface area (Å²) < 4.78 is 0. The predicted molar refractivity (Wildman–Crippen MR) is 215 cm³/mol. The fourth-order valence-corrected chi connectivity index (χ4v) is 9.43. The van der Waals surface area contributed by atoms with Crippen LogP contribution >= 0.6 is 0 Å². The molecule has 0 fully saturated rings. The van der Waals surface area contributed by atoms with Crippen LogP contribution in [0.4, 0.5) is 0 Å². The molecule has 0 saturated heterocycles. The van der Waals surface area contributed by atoms with Crippen LogP contribution in [0.3, 0.4) is 0 Å². The molecule has 0 N–H and O–H groups in total. The van der Waals surface area contributed by atoms with Gasteiger partial charge in [0.1, 0.15) is 0 Å². The molecule has 2 aliphatic carbocycles. The van der Waals surface area contributed by atoms with E-state index in [0.717, 1.165) is 0 Å². The maximum absolute atomic E-state index is 2.54. The van der Waals surface area contributed by atoms with Crippen molar-refractivity contribution in [2.75, 3.05) is 0 Å². The molecule has 8 aromatic rings. The molecule has 50 heavy (non-hydrogen) atoms. The standard InChI is InChI=1S/C50H38/c1-49(2)42-24-14-8-18-32(42)29-44(49)33-26-27-38-40(28-33)47(37-22-12-11-21-36(37)46(38)31-16-6-5-7-17-31)41-30-45-48(35-20-10-9-19-34(35)41)39-23-13-15-25-43(39)50(45,3)4/h5-30H,1-4H3. The van der Waals surface area contributed by atoms with Crippen molar-refractivity contribution in [3.63, 3.8) is 0 Å². The maximum atomic E-state index is 2.54. The first kappa shape index (κ1) is 29.2. The van der Waals surface area contributed by atoms with Gasteiger partial charge in [-0.15, -0.1) is 0 Å². The summed E-state index contributed by atoms with van der Waals surface area (Å²) >= 11 is 0. The molecule has 0 nitrogen and oxygen atoms in total. The Hall–Kier alpha value is -5.72. The maximum Gasteiger partial charge on any atom is 0.0159 e. The second kappa shape index (κ2) is 10.4. The number of fused-ring (bicyclic) bond motifs is 8. The van der Waals surface area contributed by atoms with Crippen molar-refractivity contribution in [1.29, 1.82) is 0 Å². The Kier molecular flexibility index (Phi) is 6.07. The zero-order valence-corrected chi connectivity index (χ0v) is 29.0. The van der Waals surface area contributed by atoms with Crippen LogP contribution in [0.25, 0.3) is 77.3 Å². The third-order valence-electron chi connectivity index (χ3n) is 11.9. The van der Waals surface area contributed by atoms with Gasteiger partial charge >= 0.3 is 0 Å². The van der Waals surface area contributed by atoms with Gasteiger partial charge in [-0.25, -0.2) is 0 Å². The van der Waals surface area contributed by atoms with Crippen molar-refractivity contribution >= 4 is 44.0 Å². The van der Waals surface area contributed by atoms with Crippen LogP contribution in [-0.2, 0) is 10.8 Å². The van der Waals surface area contributed by atoms with Gasteiger partial charge in [-0.1, -0.05) is 167 Å². The summed E-state index contributed by atoms with van der Waals surface area (Å²) in [4.78, 5) is 0. The van der Waals surface area contributed by atoms with E-state index in [1.54, 1.807) is 0 Å². The Morgan fingerprint density at radius 2 is 0.920 bits per heavy atom. The van der Waals surface area contributed by atoms with Gasteiger partial charge in [-0.3, -0.25) is 0 Å². The number of hydrogen-bond donors (Lipinski definition) is 0. The Balaban J connectivity index is 1.36. The molecule has 0 radical (unpaired) electrons. The Bertz CT molecular complexity index is 2740. The lowest BCUT2D eigenvalue weighted by Gasteiger charge is -2.26. The molecular formula is C50H38. The van der Waals surface area contributed by atoms with E-state index in [1.165, 1.54) is 99.1 Å². The topological polar surface area (TPSA) is 0 Å². The van der Waals surface area contributed by atoms with E-state index in [0.29, 0.717) is 0 Å². The summed E-state index contributed by atoms with van der Waals surface area (Å²) in [6, 6.07) is 56.9. The van der Waals surface area contributed by atoms with Crippen LogP contribution in [0.15, 0.2) is 152 Å². The van der Waals surface area contributed by atoms with E-state index in [4.69, 9.17) is 0 Å². The van der Waals surface area contributed by atoms with Gasteiger partial charge in [0.15, 0.2) is 0 Å². The monoisotopic (exact) mass is 638 g/mol. The zero-order chi connectivity index (χ0) is 33.8. The lowest BCUT2D eigenvalue weighted by molar-refractivity contribution is 0.661. The zero-order valence-electron chi connectivity index (χ0n) is 29.0. The highest BCUT2D eigenvalue weighted by molar-refractivity contribution is 6.25. The van der Waals surface area contributed by atoms with Gasteiger partial charge in [0, 0.05) is 10.8 Å². The second-order valence-corrected chi connectivity index (χ2v) is 15.3. The average Bonchev–Trinajstić information content (AvgIpc) is 3.56. The van der Waals surface area contributed by atoms with E-state index in [1.807, 2.05) is 0 Å². The summed E-state index contributed by atoms with van der Waals surface area (Å²) in [5, 5.41) is 7.79. The van der Waals surface area contributed by atoms with Gasteiger partial charge in [-0.2, -0.15) is 0 Å². The first-order chi connectivity index (χ1) is 24.3. The summed E-state index contributed by atoms with van der Waals surface area (Å²) in [6.07, 6.45) is 2.42. The summed E-state index contributed by atoms with van der Waals surface area (Å²) in [6.45, 7) is 9.54. The highest BCUT2D eigenvalue weighted by Crippen LogP contribution is 2.55. The predicted octanol–water partition coefficient (Wildman–Crippen LogP) is 13.6. The van der Waals surface area contributed by atoms with E-state index < -0.39 is 0 Å². The van der Waals surface area contributed by atoms with E-state index >= 15 is 0 Å². The molecule has 0 unspecified atom stereocenters. The summed E-state index contributed by atoms with van der Waals surface area (Å²) in [7, 11) is 0. The molecule has 2 aliphatic rings. The van der Waals surface area contributed by atoms with Crippen LogP contribution in [0, 0.1) is 0 Å². The molecule has 0 spiro atoms. The highest BCUT2D eigenvalue weighted by atomic mass is 14.4. The normalized spacial score (nSPS) is 15.2. The Labute approximate surface area is 294 Å². The van der Waals surface area contributed by atoms with Crippen molar-refractivity contribution in [2.45, 2.75) is 38.5 Å². The first-order valence-corrected chi connectivity index (χ1v) is 17.9. The minimum atomic E-state index is -0.115. The molecule has 0 amide bonds. The van der Waals surface area contributed by atoms with Gasteiger partial charge < -0.3 is 0 Å². The van der Waals surface area contributed by atoms with E-state index in [-0.39, 0.29) is 10.8 Å². The molecule has 10 rings (SSSR count). The molecule has 0 aliphatic heterocycles. The second-order valence-electron chi connectivity index (χ2n) is 15.3. The lowest BCUT2D eigenvalue weighted by Crippen LogP contribution is -2.16. The quantitative estimate of drug-likeness (QED) is 0.169. The van der Waals surface area contributed by atoms with Gasteiger partial charge in [-0.05, 0) is 117 Å². The molecule has 0 atom stereocenters. The fraction of sp³-hybridized carbons (Fsp3) is 0.120. The lowest BCUT2D eigenvalue weighted by atomic mass is 9.76. The average molecular weight is 639 g/mol. The minimum Gasteiger partial charge on any atom is -0.0622 e. The third-order valence-corrected chi connectivity index (χ3v) is 11.9. The number of benzene rings is 8. The summed E-state index contributed by atoms with van der Waals surface area (Å²) in [5.41, 5.74) is 15.9. The number of rotatable bonds is 3. The molecule has 0 aromatic heterocycles. The van der Waals surface area contributed by atoms with E-state index in [9.17, 15) is 0 Å². The Morgan fingerprint density at radius 3 is 1.66 bits per heavy atom. The van der Waals surface area contributed by atoms with Crippen LogP contribution < -0.4 is 0 Å². The van der Waals surface area contributed by atoms with Crippen LogP contribution in [0.5, 0.6) is 0 Å². The molecule has 0 saturated carbocycles. The van der Waals surface area contributed by atoms with Crippen molar-refractivity contribution < 1.29 is 0 Å².